The van der Waals surface area contributed by atoms with Gasteiger partial charge in [0.05, 0.1) is 11.4 Å². The lowest BCUT2D eigenvalue weighted by Gasteiger charge is -2.01. The van der Waals surface area contributed by atoms with Crippen LogP contribution in [0, 0.1) is 13.8 Å². The Morgan fingerprint density at radius 2 is 1.92 bits per heavy atom. The Bertz CT molecular complexity index is 419. The Kier molecular flexibility index (Phi) is 1.81. The highest BCUT2D eigenvalue weighted by molar-refractivity contribution is 5.25. The second-order valence-corrected chi connectivity index (χ2v) is 2.87. The molecule has 0 bridgehead atoms. The van der Waals surface area contributed by atoms with Crippen molar-refractivity contribution in [2.24, 2.45) is 0 Å². The zero-order valence-corrected chi connectivity index (χ0v) is 7.60. The lowest BCUT2D eigenvalue weighted by atomic mass is 10.4. The number of nitrogens with zero attached hydrogens (tertiary/aromatic N) is 4. The van der Waals surface area contributed by atoms with E-state index < -0.39 is 0 Å². The van der Waals surface area contributed by atoms with Gasteiger partial charge in [-0.15, -0.1) is 0 Å². The summed E-state index contributed by atoms with van der Waals surface area (Å²) in [7, 11) is 0. The van der Waals surface area contributed by atoms with Gasteiger partial charge in [0, 0.05) is 18.6 Å². The van der Waals surface area contributed by atoms with E-state index in [2.05, 4.69) is 15.1 Å². The van der Waals surface area contributed by atoms with E-state index in [1.54, 1.807) is 17.1 Å². The maximum atomic E-state index is 4.26. The average Bonchev–Trinajstić information content (AvgIpc) is 2.53. The molecule has 0 aromatic carbocycles. The quantitative estimate of drug-likeness (QED) is 0.654. The average molecular weight is 174 g/mol. The maximum Gasteiger partial charge on any atom is 0.174 e. The first kappa shape index (κ1) is 7.91. The largest absolute Gasteiger partial charge is 0.256 e. The Morgan fingerprint density at radius 1 is 1.15 bits per heavy atom. The smallest absolute Gasteiger partial charge is 0.174 e. The van der Waals surface area contributed by atoms with Crippen molar-refractivity contribution in [3.63, 3.8) is 0 Å². The van der Waals surface area contributed by atoms with E-state index in [1.807, 2.05) is 26.1 Å². The van der Waals surface area contributed by atoms with Gasteiger partial charge in [0.1, 0.15) is 0 Å². The Hall–Kier alpha value is -1.71. The molecule has 0 spiro atoms. The van der Waals surface area contributed by atoms with Gasteiger partial charge in [-0.25, -0.2) is 9.67 Å². The molecule has 0 fully saturated rings. The van der Waals surface area contributed by atoms with E-state index in [0.29, 0.717) is 0 Å². The molecule has 2 rings (SSSR count). The first-order valence-corrected chi connectivity index (χ1v) is 4.07. The molecule has 0 atom stereocenters. The van der Waals surface area contributed by atoms with Crippen molar-refractivity contribution in [2.45, 2.75) is 13.8 Å². The number of hydrogen-bond donors (Lipinski definition) is 0. The molecular weight excluding hydrogens is 164 g/mol. The first-order chi connectivity index (χ1) is 6.27. The van der Waals surface area contributed by atoms with Gasteiger partial charge in [0.2, 0.25) is 0 Å². The van der Waals surface area contributed by atoms with Crippen molar-refractivity contribution in [2.75, 3.05) is 0 Å². The Balaban J connectivity index is 2.52. The number of aromatic nitrogens is 4. The first-order valence-electron chi connectivity index (χ1n) is 4.07. The third kappa shape index (κ3) is 1.42. The summed E-state index contributed by atoms with van der Waals surface area (Å²) in [6.45, 7) is 3.86. The molecule has 66 valence electrons. The summed E-state index contributed by atoms with van der Waals surface area (Å²) in [6, 6.07) is 1.94. The lowest BCUT2D eigenvalue weighted by Crippen LogP contribution is -2.02. The molecule has 0 aliphatic heterocycles. The Morgan fingerprint density at radius 3 is 2.54 bits per heavy atom. The van der Waals surface area contributed by atoms with Crippen molar-refractivity contribution in [1.29, 1.82) is 0 Å². The van der Waals surface area contributed by atoms with Crippen LogP contribution < -0.4 is 0 Å². The maximum absolute atomic E-state index is 4.26. The van der Waals surface area contributed by atoms with Crippen molar-refractivity contribution in [3.05, 3.63) is 36.0 Å². The normalized spacial score (nSPS) is 10.3. The zero-order chi connectivity index (χ0) is 9.26. The molecule has 13 heavy (non-hydrogen) atoms. The van der Waals surface area contributed by atoms with Gasteiger partial charge in [-0.3, -0.25) is 4.98 Å². The van der Waals surface area contributed by atoms with Crippen LogP contribution in [-0.4, -0.2) is 19.7 Å². The van der Waals surface area contributed by atoms with Crippen LogP contribution >= 0.6 is 0 Å². The SMILES string of the molecule is Cc1ccn(-c2nccnc2C)n1. The second-order valence-electron chi connectivity index (χ2n) is 2.87. The van der Waals surface area contributed by atoms with Crippen LogP contribution in [0.3, 0.4) is 0 Å². The minimum atomic E-state index is 0.788. The predicted molar refractivity (Wildman–Crippen MR) is 48.6 cm³/mol. The van der Waals surface area contributed by atoms with Crippen LogP contribution in [0.4, 0.5) is 0 Å². The topological polar surface area (TPSA) is 43.6 Å². The van der Waals surface area contributed by atoms with Crippen LogP contribution in [0.25, 0.3) is 5.82 Å². The summed E-state index contributed by atoms with van der Waals surface area (Å²) in [5.41, 5.74) is 1.86. The van der Waals surface area contributed by atoms with E-state index in [4.69, 9.17) is 0 Å². The Labute approximate surface area is 76.3 Å². The summed E-state index contributed by atoms with van der Waals surface area (Å²) in [5.74, 6) is 0.788. The van der Waals surface area contributed by atoms with Crippen LogP contribution in [0.15, 0.2) is 24.7 Å². The van der Waals surface area contributed by atoms with Crippen molar-refractivity contribution < 1.29 is 0 Å². The van der Waals surface area contributed by atoms with E-state index in [1.165, 1.54) is 0 Å². The second kappa shape index (κ2) is 2.97. The van der Waals surface area contributed by atoms with Crippen LogP contribution in [0.5, 0.6) is 0 Å². The van der Waals surface area contributed by atoms with Crippen molar-refractivity contribution >= 4 is 0 Å². The minimum Gasteiger partial charge on any atom is -0.256 e. The van der Waals surface area contributed by atoms with Gasteiger partial charge in [0.25, 0.3) is 0 Å². The fourth-order valence-electron chi connectivity index (χ4n) is 1.16. The van der Waals surface area contributed by atoms with Crippen molar-refractivity contribution in [1.82, 2.24) is 19.7 Å². The molecule has 0 saturated heterocycles. The highest BCUT2D eigenvalue weighted by Crippen LogP contribution is 2.06. The molecule has 4 heteroatoms. The molecular formula is C9H10N4. The lowest BCUT2D eigenvalue weighted by molar-refractivity contribution is 0.812. The molecule has 4 nitrogen and oxygen atoms in total. The molecule has 2 aromatic heterocycles. The van der Waals surface area contributed by atoms with E-state index in [9.17, 15) is 0 Å². The number of hydrogen-bond acceptors (Lipinski definition) is 3. The van der Waals surface area contributed by atoms with Crippen LogP contribution in [0.1, 0.15) is 11.4 Å². The minimum absolute atomic E-state index is 0.788. The third-order valence-electron chi connectivity index (χ3n) is 1.79. The molecule has 0 aliphatic carbocycles. The van der Waals surface area contributed by atoms with Crippen LogP contribution in [-0.2, 0) is 0 Å². The summed E-state index contributed by atoms with van der Waals surface area (Å²) >= 11 is 0. The molecule has 2 aromatic rings. The predicted octanol–water partition coefficient (Wildman–Crippen LogP) is 1.28. The van der Waals surface area contributed by atoms with Gasteiger partial charge in [0.15, 0.2) is 5.82 Å². The molecule has 0 unspecified atom stereocenters. The van der Waals surface area contributed by atoms with Crippen LogP contribution in [0.2, 0.25) is 0 Å². The number of aryl methyl sites for hydroxylation is 2. The van der Waals surface area contributed by atoms with Gasteiger partial charge in [-0.05, 0) is 19.9 Å². The summed E-state index contributed by atoms with van der Waals surface area (Å²) in [4.78, 5) is 8.34. The molecule has 0 saturated carbocycles. The van der Waals surface area contributed by atoms with E-state index >= 15 is 0 Å². The summed E-state index contributed by atoms with van der Waals surface area (Å²) < 4.78 is 1.73. The molecule has 0 N–H and O–H groups in total. The standard InChI is InChI=1S/C9H10N4/c1-7-3-6-13(12-7)9-8(2)10-4-5-11-9/h3-6H,1-2H3. The molecule has 2 heterocycles. The highest BCUT2D eigenvalue weighted by Gasteiger charge is 2.02. The van der Waals surface area contributed by atoms with Gasteiger partial charge in [-0.1, -0.05) is 0 Å². The van der Waals surface area contributed by atoms with Gasteiger partial charge in [-0.2, -0.15) is 5.10 Å². The van der Waals surface area contributed by atoms with Crippen molar-refractivity contribution in [3.8, 4) is 5.82 Å². The summed E-state index contributed by atoms with van der Waals surface area (Å²) in [6.07, 6.45) is 5.22. The molecule has 0 radical (unpaired) electrons. The number of rotatable bonds is 1. The highest BCUT2D eigenvalue weighted by atomic mass is 15.3. The molecule has 0 aliphatic rings. The monoisotopic (exact) mass is 174 g/mol. The molecule has 0 amide bonds. The summed E-state index contributed by atoms with van der Waals surface area (Å²) in [5, 5.41) is 4.26. The zero-order valence-electron chi connectivity index (χ0n) is 7.60. The fourth-order valence-corrected chi connectivity index (χ4v) is 1.16. The third-order valence-corrected chi connectivity index (χ3v) is 1.79. The fraction of sp³-hybridized carbons (Fsp3) is 0.222. The van der Waals surface area contributed by atoms with Gasteiger partial charge >= 0.3 is 0 Å². The van der Waals surface area contributed by atoms with E-state index in [-0.39, 0.29) is 0 Å². The van der Waals surface area contributed by atoms with E-state index in [0.717, 1.165) is 17.2 Å². The van der Waals surface area contributed by atoms with Gasteiger partial charge < -0.3 is 0 Å².